The minimum atomic E-state index is 0.772. The summed E-state index contributed by atoms with van der Waals surface area (Å²) < 4.78 is 1.82. The van der Waals surface area contributed by atoms with Crippen molar-refractivity contribution in [3.63, 3.8) is 0 Å². The van der Waals surface area contributed by atoms with Crippen molar-refractivity contribution in [2.24, 2.45) is 12.0 Å². The molecule has 0 fully saturated rings. The Morgan fingerprint density at radius 2 is 2.14 bits per heavy atom. The highest BCUT2D eigenvalue weighted by molar-refractivity contribution is 5.79. The fraction of sp³-hybridized carbons (Fsp3) is 0.375. The molecule has 0 aliphatic heterocycles. The lowest BCUT2D eigenvalue weighted by atomic mass is 10.1. The first-order valence-electron chi connectivity index (χ1n) is 7.15. The maximum Gasteiger partial charge on any atom is 0.191 e. The number of aromatic nitrogens is 2. The molecule has 0 aliphatic rings. The molecule has 2 N–H and O–H groups in total. The summed E-state index contributed by atoms with van der Waals surface area (Å²) in [5, 5.41) is 10.8. The number of guanidine groups is 1. The highest BCUT2D eigenvalue weighted by Crippen LogP contribution is 2.03. The molecule has 0 unspecified atom stereocenters. The number of rotatable bonds is 5. The van der Waals surface area contributed by atoms with E-state index in [-0.39, 0.29) is 0 Å². The topological polar surface area (TPSA) is 54.2 Å². The van der Waals surface area contributed by atoms with Crippen molar-refractivity contribution in [1.29, 1.82) is 0 Å². The molecular formula is C16H23N5. The second kappa shape index (κ2) is 7.47. The van der Waals surface area contributed by atoms with Gasteiger partial charge in [-0.1, -0.05) is 29.8 Å². The molecule has 1 aromatic carbocycles. The van der Waals surface area contributed by atoms with Gasteiger partial charge in [0.15, 0.2) is 5.96 Å². The number of nitrogens with one attached hydrogen (secondary N) is 2. The van der Waals surface area contributed by atoms with Crippen molar-refractivity contribution in [1.82, 2.24) is 20.4 Å². The van der Waals surface area contributed by atoms with Crippen LogP contribution in [0.2, 0.25) is 0 Å². The molecule has 5 heteroatoms. The largest absolute Gasteiger partial charge is 0.356 e. The van der Waals surface area contributed by atoms with Gasteiger partial charge in [-0.05, 0) is 24.5 Å². The van der Waals surface area contributed by atoms with Gasteiger partial charge in [0, 0.05) is 33.4 Å². The van der Waals surface area contributed by atoms with Crippen molar-refractivity contribution in [3.8, 4) is 0 Å². The Morgan fingerprint density at radius 1 is 1.29 bits per heavy atom. The Labute approximate surface area is 126 Å². The minimum absolute atomic E-state index is 0.772. The average Bonchev–Trinajstić information content (AvgIpc) is 2.88. The molecular weight excluding hydrogens is 262 g/mol. The highest BCUT2D eigenvalue weighted by atomic mass is 15.2. The zero-order valence-corrected chi connectivity index (χ0v) is 12.9. The van der Waals surface area contributed by atoms with E-state index in [9.17, 15) is 0 Å². The van der Waals surface area contributed by atoms with Crippen molar-refractivity contribution in [3.05, 3.63) is 53.3 Å². The van der Waals surface area contributed by atoms with Gasteiger partial charge in [0.05, 0.1) is 6.20 Å². The third kappa shape index (κ3) is 4.95. The summed E-state index contributed by atoms with van der Waals surface area (Å²) in [6.07, 6.45) is 4.86. The fourth-order valence-corrected chi connectivity index (χ4v) is 2.15. The van der Waals surface area contributed by atoms with Crippen molar-refractivity contribution >= 4 is 5.96 Å². The molecule has 0 aliphatic carbocycles. The number of aryl methyl sites for hydroxylation is 2. The van der Waals surface area contributed by atoms with Crippen LogP contribution in [0.1, 0.15) is 16.7 Å². The van der Waals surface area contributed by atoms with E-state index in [0.29, 0.717) is 0 Å². The maximum atomic E-state index is 4.24. The van der Waals surface area contributed by atoms with E-state index in [4.69, 9.17) is 0 Å². The molecule has 1 aromatic heterocycles. The van der Waals surface area contributed by atoms with Crippen molar-refractivity contribution < 1.29 is 0 Å². The van der Waals surface area contributed by atoms with Crippen LogP contribution in [0.3, 0.4) is 0 Å². The first-order chi connectivity index (χ1) is 10.2. The van der Waals surface area contributed by atoms with Gasteiger partial charge in [0.1, 0.15) is 0 Å². The Bertz CT molecular complexity index is 600. The number of nitrogens with zero attached hydrogens (tertiary/aromatic N) is 3. The Kier molecular flexibility index (Phi) is 5.37. The Hall–Kier alpha value is -2.30. The van der Waals surface area contributed by atoms with E-state index in [1.807, 2.05) is 24.1 Å². The first-order valence-corrected chi connectivity index (χ1v) is 7.15. The highest BCUT2D eigenvalue weighted by Gasteiger charge is 2.00. The zero-order chi connectivity index (χ0) is 15.1. The smallest absolute Gasteiger partial charge is 0.191 e. The van der Waals surface area contributed by atoms with Crippen LogP contribution in [-0.4, -0.2) is 29.3 Å². The number of hydrogen-bond acceptors (Lipinski definition) is 2. The van der Waals surface area contributed by atoms with Crippen LogP contribution >= 0.6 is 0 Å². The summed E-state index contributed by atoms with van der Waals surface area (Å²) in [5.74, 6) is 0.820. The van der Waals surface area contributed by atoms with Gasteiger partial charge in [-0.15, -0.1) is 0 Å². The van der Waals surface area contributed by atoms with Crippen LogP contribution in [0.25, 0.3) is 0 Å². The average molecular weight is 285 g/mol. The van der Waals surface area contributed by atoms with Gasteiger partial charge in [0.25, 0.3) is 0 Å². The third-order valence-electron chi connectivity index (χ3n) is 3.23. The molecule has 0 saturated carbocycles. The van der Waals surface area contributed by atoms with Crippen molar-refractivity contribution in [2.45, 2.75) is 19.9 Å². The molecule has 0 spiro atoms. The SMILES string of the molecule is CN=C(NCCc1cnn(C)c1)NCc1cccc(C)c1. The second-order valence-electron chi connectivity index (χ2n) is 5.11. The number of hydrogen-bond donors (Lipinski definition) is 2. The van der Waals surface area contributed by atoms with Crippen molar-refractivity contribution in [2.75, 3.05) is 13.6 Å². The van der Waals surface area contributed by atoms with Crippen LogP contribution in [0.15, 0.2) is 41.7 Å². The predicted molar refractivity (Wildman–Crippen MR) is 86.3 cm³/mol. The van der Waals surface area contributed by atoms with E-state index in [1.54, 1.807) is 7.05 Å². The fourth-order valence-electron chi connectivity index (χ4n) is 2.15. The maximum absolute atomic E-state index is 4.24. The van der Waals surface area contributed by atoms with Gasteiger partial charge < -0.3 is 10.6 Å². The summed E-state index contributed by atoms with van der Waals surface area (Å²) >= 11 is 0. The van der Waals surface area contributed by atoms with Gasteiger partial charge in [-0.2, -0.15) is 5.10 Å². The van der Waals surface area contributed by atoms with Crippen LogP contribution in [0, 0.1) is 6.92 Å². The van der Waals surface area contributed by atoms with E-state index >= 15 is 0 Å². The zero-order valence-electron chi connectivity index (χ0n) is 12.9. The summed E-state index contributed by atoms with van der Waals surface area (Å²) in [6.45, 7) is 3.71. The second-order valence-corrected chi connectivity index (χ2v) is 5.11. The molecule has 2 rings (SSSR count). The summed E-state index contributed by atoms with van der Waals surface area (Å²) in [7, 11) is 3.72. The van der Waals surface area contributed by atoms with E-state index in [1.165, 1.54) is 16.7 Å². The normalized spacial score (nSPS) is 11.5. The van der Waals surface area contributed by atoms with Crippen LogP contribution in [-0.2, 0) is 20.0 Å². The van der Waals surface area contributed by atoms with E-state index < -0.39 is 0 Å². The molecule has 5 nitrogen and oxygen atoms in total. The lowest BCUT2D eigenvalue weighted by Gasteiger charge is -2.11. The summed E-state index contributed by atoms with van der Waals surface area (Å²) in [5.41, 5.74) is 3.75. The molecule has 1 heterocycles. The molecule has 21 heavy (non-hydrogen) atoms. The van der Waals surface area contributed by atoms with Gasteiger partial charge >= 0.3 is 0 Å². The van der Waals surface area contributed by atoms with E-state index in [0.717, 1.165) is 25.5 Å². The quantitative estimate of drug-likeness (QED) is 0.648. The molecule has 0 radical (unpaired) electrons. The van der Waals surface area contributed by atoms with E-state index in [2.05, 4.69) is 51.9 Å². The lowest BCUT2D eigenvalue weighted by Crippen LogP contribution is -2.37. The summed E-state index contributed by atoms with van der Waals surface area (Å²) in [6, 6.07) is 8.47. The monoisotopic (exact) mass is 285 g/mol. The first kappa shape index (κ1) is 15.1. The molecule has 0 saturated heterocycles. The van der Waals surface area contributed by atoms with Crippen LogP contribution < -0.4 is 10.6 Å². The Morgan fingerprint density at radius 3 is 2.81 bits per heavy atom. The number of aliphatic imine (C=N–C) groups is 1. The molecule has 0 amide bonds. The number of benzene rings is 1. The van der Waals surface area contributed by atoms with Gasteiger partial charge in [-0.25, -0.2) is 0 Å². The summed E-state index contributed by atoms with van der Waals surface area (Å²) in [4.78, 5) is 4.24. The standard InChI is InChI=1S/C16H23N5/c1-13-5-4-6-14(9-13)10-19-16(17-2)18-8-7-15-11-20-21(3)12-15/h4-6,9,11-12H,7-8,10H2,1-3H3,(H2,17,18,19). The molecule has 2 aromatic rings. The molecule has 0 bridgehead atoms. The minimum Gasteiger partial charge on any atom is -0.356 e. The molecule has 0 atom stereocenters. The van der Waals surface area contributed by atoms with Gasteiger partial charge in [-0.3, -0.25) is 9.67 Å². The lowest BCUT2D eigenvalue weighted by molar-refractivity contribution is 0.764. The van der Waals surface area contributed by atoms with Gasteiger partial charge in [0.2, 0.25) is 0 Å². The third-order valence-corrected chi connectivity index (χ3v) is 3.23. The molecule has 112 valence electrons. The van der Waals surface area contributed by atoms with Crippen LogP contribution in [0.4, 0.5) is 0 Å². The van der Waals surface area contributed by atoms with Crippen LogP contribution in [0.5, 0.6) is 0 Å². The predicted octanol–water partition coefficient (Wildman–Crippen LogP) is 1.64. The Balaban J connectivity index is 1.76.